The number of benzene rings is 1. The summed E-state index contributed by atoms with van der Waals surface area (Å²) in [6, 6.07) is 10.5. The number of nitrogens with zero attached hydrogens (tertiary/aromatic N) is 2. The van der Waals surface area contributed by atoms with Crippen LogP contribution < -0.4 is 4.90 Å². The smallest absolute Gasteiger partial charge is 0.114 e. The van der Waals surface area contributed by atoms with Gasteiger partial charge in [0, 0.05) is 23.0 Å². The van der Waals surface area contributed by atoms with Gasteiger partial charge in [0.2, 0.25) is 0 Å². The highest BCUT2D eigenvalue weighted by Crippen LogP contribution is 2.33. The number of para-hydroxylation sites is 1. The van der Waals surface area contributed by atoms with Crippen molar-refractivity contribution < 1.29 is 0 Å². The van der Waals surface area contributed by atoms with Gasteiger partial charge in [-0.25, -0.2) is 0 Å². The van der Waals surface area contributed by atoms with Crippen LogP contribution in [0.1, 0.15) is 19.8 Å². The number of allylic oxidation sites excluding steroid dienone is 2. The van der Waals surface area contributed by atoms with Crippen LogP contribution in [-0.4, -0.2) is 12.4 Å². The highest BCUT2D eigenvalue weighted by molar-refractivity contribution is 6.00. The molecule has 16 heavy (non-hydrogen) atoms. The van der Waals surface area contributed by atoms with Crippen LogP contribution >= 0.6 is 0 Å². The van der Waals surface area contributed by atoms with Crippen molar-refractivity contribution >= 4 is 11.4 Å². The Labute approximate surface area is 96.3 Å². The van der Waals surface area contributed by atoms with Gasteiger partial charge in [-0.15, -0.1) is 0 Å². The first-order valence-electron chi connectivity index (χ1n) is 5.90. The molecule has 2 nitrogen and oxygen atoms in total. The monoisotopic (exact) mass is 212 g/mol. The molecule has 1 aliphatic heterocycles. The van der Waals surface area contributed by atoms with Gasteiger partial charge >= 0.3 is 0 Å². The fraction of sp³-hybridized carbons (Fsp3) is 0.357. The van der Waals surface area contributed by atoms with E-state index >= 15 is 0 Å². The Hall–Kier alpha value is -1.57. The van der Waals surface area contributed by atoms with Gasteiger partial charge in [-0.2, -0.15) is 0 Å². The van der Waals surface area contributed by atoms with E-state index in [9.17, 15) is 0 Å². The molecule has 0 saturated heterocycles. The maximum Gasteiger partial charge on any atom is 0.114 e. The summed E-state index contributed by atoms with van der Waals surface area (Å²) in [7, 11) is 0. The summed E-state index contributed by atoms with van der Waals surface area (Å²) in [6.45, 7) is 2.95. The third-order valence-electron chi connectivity index (χ3n) is 3.24. The Balaban J connectivity index is 1.83. The minimum absolute atomic E-state index is 0.757. The van der Waals surface area contributed by atoms with Crippen LogP contribution in [-0.2, 0) is 0 Å². The number of rotatable bonds is 2. The van der Waals surface area contributed by atoms with Crippen molar-refractivity contribution in [3.05, 3.63) is 42.1 Å². The van der Waals surface area contributed by atoms with Crippen molar-refractivity contribution in [3.8, 4) is 0 Å². The molecule has 1 aromatic rings. The average Bonchev–Trinajstić information content (AvgIpc) is 3.14. The largest absolute Gasteiger partial charge is 0.325 e. The maximum atomic E-state index is 4.67. The predicted octanol–water partition coefficient (Wildman–Crippen LogP) is 3.22. The minimum atomic E-state index is 0.757. The lowest BCUT2D eigenvalue weighted by Gasteiger charge is -2.27. The molecule has 0 N–H and O–H groups in total. The fourth-order valence-corrected chi connectivity index (χ4v) is 2.12. The molecule has 0 bridgehead atoms. The van der Waals surface area contributed by atoms with Crippen molar-refractivity contribution in [1.29, 1.82) is 0 Å². The molecule has 0 radical (unpaired) electrons. The summed E-state index contributed by atoms with van der Waals surface area (Å²) < 4.78 is 0. The first kappa shape index (κ1) is 9.64. The van der Waals surface area contributed by atoms with Gasteiger partial charge in [-0.1, -0.05) is 18.2 Å². The highest BCUT2D eigenvalue weighted by Gasteiger charge is 2.28. The molecule has 1 aliphatic carbocycles. The van der Waals surface area contributed by atoms with E-state index in [0.717, 1.165) is 12.6 Å². The van der Waals surface area contributed by atoms with Gasteiger partial charge in [0.05, 0.1) is 0 Å². The predicted molar refractivity (Wildman–Crippen MR) is 67.7 cm³/mol. The second-order valence-corrected chi connectivity index (χ2v) is 4.55. The van der Waals surface area contributed by atoms with Gasteiger partial charge in [-0.3, -0.25) is 4.99 Å². The molecule has 2 aliphatic rings. The van der Waals surface area contributed by atoms with Crippen molar-refractivity contribution in [2.75, 3.05) is 11.6 Å². The molecule has 3 rings (SSSR count). The Kier molecular flexibility index (Phi) is 2.28. The molecule has 0 unspecified atom stereocenters. The van der Waals surface area contributed by atoms with Crippen LogP contribution in [0.15, 0.2) is 47.1 Å². The van der Waals surface area contributed by atoms with Crippen molar-refractivity contribution in [2.45, 2.75) is 19.8 Å². The van der Waals surface area contributed by atoms with Crippen LogP contribution in [0.25, 0.3) is 0 Å². The summed E-state index contributed by atoms with van der Waals surface area (Å²) >= 11 is 0. The molecule has 0 atom stereocenters. The Morgan fingerprint density at radius 3 is 2.56 bits per heavy atom. The molecule has 1 saturated carbocycles. The third kappa shape index (κ3) is 1.75. The first-order chi connectivity index (χ1) is 7.84. The van der Waals surface area contributed by atoms with E-state index < -0.39 is 0 Å². The average molecular weight is 212 g/mol. The van der Waals surface area contributed by atoms with Gasteiger partial charge in [-0.05, 0) is 38.0 Å². The zero-order valence-corrected chi connectivity index (χ0v) is 9.56. The molecule has 0 amide bonds. The standard InChI is InChI=1S/C14H16N2/c1-11-9-14(12-7-8-12)15-10-16(11)13-5-3-2-4-6-13/h2-6,9,12H,7-8,10H2,1H3. The molecular weight excluding hydrogens is 196 g/mol. The minimum Gasteiger partial charge on any atom is -0.325 e. The molecule has 0 aromatic heterocycles. The SMILES string of the molecule is CC1=CC(C2CC2)=NCN1c1ccccc1. The van der Waals surface area contributed by atoms with Gasteiger partial charge in [0.15, 0.2) is 0 Å². The fourth-order valence-electron chi connectivity index (χ4n) is 2.12. The van der Waals surface area contributed by atoms with Gasteiger partial charge < -0.3 is 4.90 Å². The van der Waals surface area contributed by atoms with E-state index in [0.29, 0.717) is 0 Å². The summed E-state index contributed by atoms with van der Waals surface area (Å²) in [6.07, 6.45) is 4.90. The second-order valence-electron chi connectivity index (χ2n) is 4.55. The van der Waals surface area contributed by atoms with Crippen molar-refractivity contribution in [1.82, 2.24) is 0 Å². The van der Waals surface area contributed by atoms with Gasteiger partial charge in [0.1, 0.15) is 6.67 Å². The van der Waals surface area contributed by atoms with E-state index in [1.165, 1.54) is 29.9 Å². The number of hydrogen-bond acceptors (Lipinski definition) is 2. The highest BCUT2D eigenvalue weighted by atomic mass is 15.2. The normalized spacial score (nSPS) is 20.4. The zero-order valence-electron chi connectivity index (χ0n) is 9.56. The van der Waals surface area contributed by atoms with Crippen LogP contribution in [0.3, 0.4) is 0 Å². The molecule has 1 heterocycles. The quantitative estimate of drug-likeness (QED) is 0.735. The number of aliphatic imine (C=N–C) groups is 1. The third-order valence-corrected chi connectivity index (χ3v) is 3.24. The van der Waals surface area contributed by atoms with Crippen LogP contribution in [0.5, 0.6) is 0 Å². The lowest BCUT2D eigenvalue weighted by atomic mass is 10.1. The second kappa shape index (κ2) is 3.78. The molecule has 1 fully saturated rings. The molecular formula is C14H16N2. The lowest BCUT2D eigenvalue weighted by Crippen LogP contribution is -2.26. The summed E-state index contributed by atoms with van der Waals surface area (Å²) in [5.41, 5.74) is 3.85. The van der Waals surface area contributed by atoms with Crippen LogP contribution in [0.4, 0.5) is 5.69 Å². The van der Waals surface area contributed by atoms with Crippen molar-refractivity contribution in [3.63, 3.8) is 0 Å². The Morgan fingerprint density at radius 1 is 1.19 bits per heavy atom. The lowest BCUT2D eigenvalue weighted by molar-refractivity contribution is 0.895. The van der Waals surface area contributed by atoms with E-state index in [1.807, 2.05) is 6.07 Å². The van der Waals surface area contributed by atoms with E-state index in [2.05, 4.69) is 47.2 Å². The van der Waals surface area contributed by atoms with Gasteiger partial charge in [0.25, 0.3) is 0 Å². The number of anilines is 1. The Morgan fingerprint density at radius 2 is 1.94 bits per heavy atom. The maximum absolute atomic E-state index is 4.67. The van der Waals surface area contributed by atoms with E-state index in [1.54, 1.807) is 0 Å². The molecule has 2 heteroatoms. The zero-order chi connectivity index (χ0) is 11.0. The van der Waals surface area contributed by atoms with Crippen molar-refractivity contribution in [2.24, 2.45) is 10.9 Å². The molecule has 1 aromatic carbocycles. The summed E-state index contributed by atoms with van der Waals surface area (Å²) in [5, 5.41) is 0. The van der Waals surface area contributed by atoms with Crippen LogP contribution in [0.2, 0.25) is 0 Å². The topological polar surface area (TPSA) is 15.6 Å². The van der Waals surface area contributed by atoms with Crippen LogP contribution in [0, 0.1) is 5.92 Å². The molecule has 82 valence electrons. The molecule has 0 spiro atoms. The number of hydrogen-bond donors (Lipinski definition) is 0. The summed E-state index contributed by atoms with van der Waals surface area (Å²) in [5.74, 6) is 0.757. The van der Waals surface area contributed by atoms with E-state index in [4.69, 9.17) is 0 Å². The Bertz CT molecular complexity index is 441. The van der Waals surface area contributed by atoms with E-state index in [-0.39, 0.29) is 0 Å². The first-order valence-corrected chi connectivity index (χ1v) is 5.90. The summed E-state index contributed by atoms with van der Waals surface area (Å²) in [4.78, 5) is 6.92.